The topological polar surface area (TPSA) is 71.8 Å². The van der Waals surface area contributed by atoms with E-state index in [9.17, 15) is 4.79 Å². The Labute approximate surface area is 151 Å². The first-order valence-corrected chi connectivity index (χ1v) is 8.74. The summed E-state index contributed by atoms with van der Waals surface area (Å²) < 4.78 is 7.66. The van der Waals surface area contributed by atoms with Crippen molar-refractivity contribution in [2.45, 2.75) is 18.9 Å². The Balaban J connectivity index is 1.46. The molecule has 3 aromatic rings. The molecule has 3 aromatic heterocycles. The van der Waals surface area contributed by atoms with Crippen molar-refractivity contribution >= 4 is 17.1 Å². The van der Waals surface area contributed by atoms with Gasteiger partial charge in [-0.2, -0.15) is 5.10 Å². The van der Waals surface area contributed by atoms with Crippen LogP contribution in [0.5, 0.6) is 5.88 Å². The smallest absolute Gasteiger partial charge is 0.259 e. The fourth-order valence-corrected chi connectivity index (χ4v) is 3.13. The van der Waals surface area contributed by atoms with Crippen LogP contribution < -0.4 is 10.1 Å². The van der Waals surface area contributed by atoms with Gasteiger partial charge in [0.25, 0.3) is 5.91 Å². The summed E-state index contributed by atoms with van der Waals surface area (Å²) in [6.07, 6.45) is 7.17. The second-order valence-electron chi connectivity index (χ2n) is 6.55. The predicted octanol–water partition coefficient (Wildman–Crippen LogP) is 2.45. The van der Waals surface area contributed by atoms with Gasteiger partial charge in [-0.25, -0.2) is 9.50 Å². The van der Waals surface area contributed by atoms with Crippen LogP contribution in [0.15, 0.2) is 48.9 Å². The zero-order valence-corrected chi connectivity index (χ0v) is 14.6. The van der Waals surface area contributed by atoms with Gasteiger partial charge in [0.1, 0.15) is 6.10 Å². The van der Waals surface area contributed by atoms with Crippen LogP contribution in [-0.4, -0.2) is 51.6 Å². The molecule has 0 spiro atoms. The maximum absolute atomic E-state index is 12.6. The van der Waals surface area contributed by atoms with Crippen LogP contribution in [0.3, 0.4) is 0 Å². The number of carbonyl (C=O) groups is 1. The number of carbonyl (C=O) groups excluding carboxylic acids is 1. The summed E-state index contributed by atoms with van der Waals surface area (Å²) >= 11 is 0. The molecule has 4 heterocycles. The lowest BCUT2D eigenvalue weighted by Crippen LogP contribution is -2.35. The molecule has 134 valence electrons. The molecular formula is C19H21N5O2. The van der Waals surface area contributed by atoms with Gasteiger partial charge in [0.15, 0.2) is 0 Å². The number of hydrogen-bond donors (Lipinski definition) is 1. The summed E-state index contributed by atoms with van der Waals surface area (Å²) in [5, 5.41) is 7.10. The molecule has 1 N–H and O–H groups in total. The Morgan fingerprint density at radius 1 is 1.27 bits per heavy atom. The zero-order chi connectivity index (χ0) is 17.9. The van der Waals surface area contributed by atoms with Gasteiger partial charge in [-0.1, -0.05) is 6.07 Å². The summed E-state index contributed by atoms with van der Waals surface area (Å²) in [6.45, 7) is 2.05. The van der Waals surface area contributed by atoms with Gasteiger partial charge in [-0.05, 0) is 38.1 Å². The van der Waals surface area contributed by atoms with Gasteiger partial charge < -0.3 is 15.0 Å². The summed E-state index contributed by atoms with van der Waals surface area (Å²) in [7, 11) is 2.12. The lowest BCUT2D eigenvalue weighted by Gasteiger charge is -2.28. The van der Waals surface area contributed by atoms with Crippen molar-refractivity contribution in [2.24, 2.45) is 0 Å². The Morgan fingerprint density at radius 3 is 2.96 bits per heavy atom. The van der Waals surface area contributed by atoms with Crippen molar-refractivity contribution in [3.63, 3.8) is 0 Å². The Morgan fingerprint density at radius 2 is 2.12 bits per heavy atom. The van der Waals surface area contributed by atoms with Gasteiger partial charge in [0.05, 0.1) is 17.3 Å². The quantitative estimate of drug-likeness (QED) is 0.782. The number of hydrogen-bond acceptors (Lipinski definition) is 5. The number of ether oxygens (including phenoxy) is 1. The minimum absolute atomic E-state index is 0.171. The molecule has 7 nitrogen and oxygen atoms in total. The van der Waals surface area contributed by atoms with E-state index in [0.29, 0.717) is 17.1 Å². The first-order chi connectivity index (χ1) is 12.7. The molecule has 7 heteroatoms. The van der Waals surface area contributed by atoms with Gasteiger partial charge in [-0.15, -0.1) is 0 Å². The number of fused-ring (bicyclic) bond motifs is 1. The molecule has 26 heavy (non-hydrogen) atoms. The molecule has 1 amide bonds. The molecule has 0 atom stereocenters. The second kappa shape index (κ2) is 7.13. The number of rotatable bonds is 4. The van der Waals surface area contributed by atoms with E-state index in [4.69, 9.17) is 4.74 Å². The van der Waals surface area contributed by atoms with Crippen molar-refractivity contribution in [1.29, 1.82) is 0 Å². The average molecular weight is 351 g/mol. The van der Waals surface area contributed by atoms with Gasteiger partial charge in [0.2, 0.25) is 5.88 Å². The van der Waals surface area contributed by atoms with Crippen LogP contribution in [-0.2, 0) is 0 Å². The van der Waals surface area contributed by atoms with E-state index in [2.05, 4.69) is 27.3 Å². The highest BCUT2D eigenvalue weighted by atomic mass is 16.5. The van der Waals surface area contributed by atoms with E-state index in [1.165, 1.54) is 0 Å². The number of piperidine rings is 1. The summed E-state index contributed by atoms with van der Waals surface area (Å²) in [5.74, 6) is 0.333. The van der Waals surface area contributed by atoms with Crippen molar-refractivity contribution in [1.82, 2.24) is 19.5 Å². The van der Waals surface area contributed by atoms with E-state index in [0.717, 1.165) is 31.4 Å². The van der Waals surface area contributed by atoms with Crippen molar-refractivity contribution in [3.05, 3.63) is 54.5 Å². The molecule has 0 unspecified atom stereocenters. The average Bonchev–Trinajstić information content (AvgIpc) is 3.08. The minimum atomic E-state index is -0.206. The number of nitrogens with zero attached hydrogens (tertiary/aromatic N) is 4. The molecule has 1 fully saturated rings. The van der Waals surface area contributed by atoms with E-state index in [1.807, 2.05) is 24.4 Å². The standard InChI is InChI=1S/C19H21N5O2/c1-23-10-6-15(7-11-23)26-18-12-14(5-8-20-18)22-19(25)16-13-21-24-9-3-2-4-17(16)24/h2-5,8-9,12-13,15H,6-7,10-11H2,1H3,(H,20,22,25). The summed E-state index contributed by atoms with van der Waals surface area (Å²) in [4.78, 5) is 19.2. The molecule has 0 saturated carbocycles. The maximum Gasteiger partial charge on any atom is 0.259 e. The SMILES string of the molecule is CN1CCC(Oc2cc(NC(=O)c3cnn4ccccc34)ccn2)CC1. The first-order valence-electron chi connectivity index (χ1n) is 8.74. The molecule has 1 aliphatic rings. The molecule has 1 aliphatic heterocycles. The van der Waals surface area contributed by atoms with Crippen molar-refractivity contribution in [2.75, 3.05) is 25.5 Å². The highest BCUT2D eigenvalue weighted by Crippen LogP contribution is 2.20. The molecule has 1 saturated heterocycles. The van der Waals surface area contributed by atoms with Gasteiger partial charge >= 0.3 is 0 Å². The predicted molar refractivity (Wildman–Crippen MR) is 98.5 cm³/mol. The fraction of sp³-hybridized carbons (Fsp3) is 0.316. The van der Waals surface area contributed by atoms with Crippen LogP contribution >= 0.6 is 0 Å². The highest BCUT2D eigenvalue weighted by molar-refractivity contribution is 6.08. The van der Waals surface area contributed by atoms with Crippen LogP contribution in [0, 0.1) is 0 Å². The molecule has 0 radical (unpaired) electrons. The Hall–Kier alpha value is -2.93. The van der Waals surface area contributed by atoms with E-state index in [-0.39, 0.29) is 12.0 Å². The van der Waals surface area contributed by atoms with Crippen molar-refractivity contribution in [3.8, 4) is 5.88 Å². The van der Waals surface area contributed by atoms with Crippen LogP contribution in [0.1, 0.15) is 23.2 Å². The number of aromatic nitrogens is 3. The van der Waals surface area contributed by atoms with Crippen LogP contribution in [0.25, 0.3) is 5.52 Å². The third-order valence-electron chi connectivity index (χ3n) is 4.62. The van der Waals surface area contributed by atoms with Crippen molar-refractivity contribution < 1.29 is 9.53 Å². The molecule has 0 aromatic carbocycles. The zero-order valence-electron chi connectivity index (χ0n) is 14.6. The number of likely N-dealkylation sites (tertiary alicyclic amines) is 1. The molecule has 0 bridgehead atoms. The second-order valence-corrected chi connectivity index (χ2v) is 6.55. The van der Waals surface area contributed by atoms with E-state index in [1.54, 1.807) is 29.0 Å². The Kier molecular flexibility index (Phi) is 4.53. The lowest BCUT2D eigenvalue weighted by molar-refractivity contribution is 0.102. The third kappa shape index (κ3) is 3.52. The lowest BCUT2D eigenvalue weighted by atomic mass is 10.1. The maximum atomic E-state index is 12.6. The molecule has 0 aliphatic carbocycles. The van der Waals surface area contributed by atoms with Crippen LogP contribution in [0.4, 0.5) is 5.69 Å². The first kappa shape index (κ1) is 16.5. The van der Waals surface area contributed by atoms with E-state index >= 15 is 0 Å². The third-order valence-corrected chi connectivity index (χ3v) is 4.62. The normalized spacial score (nSPS) is 15.9. The number of nitrogens with one attached hydrogen (secondary N) is 1. The highest BCUT2D eigenvalue weighted by Gasteiger charge is 2.19. The van der Waals surface area contributed by atoms with Crippen LogP contribution in [0.2, 0.25) is 0 Å². The molecule has 4 rings (SSSR count). The number of pyridine rings is 2. The Bertz CT molecular complexity index is 915. The largest absolute Gasteiger partial charge is 0.474 e. The van der Waals surface area contributed by atoms with Gasteiger partial charge in [-0.3, -0.25) is 4.79 Å². The summed E-state index contributed by atoms with van der Waals surface area (Å²) in [6, 6.07) is 9.14. The number of amides is 1. The minimum Gasteiger partial charge on any atom is -0.474 e. The fourth-order valence-electron chi connectivity index (χ4n) is 3.13. The number of anilines is 1. The monoisotopic (exact) mass is 351 g/mol. The van der Waals surface area contributed by atoms with Gasteiger partial charge in [0, 0.05) is 37.2 Å². The van der Waals surface area contributed by atoms with E-state index < -0.39 is 0 Å². The molecular weight excluding hydrogens is 330 g/mol. The summed E-state index contributed by atoms with van der Waals surface area (Å²) in [5.41, 5.74) is 1.95.